The van der Waals surface area contributed by atoms with Gasteiger partial charge >= 0.3 is 0 Å². The van der Waals surface area contributed by atoms with Crippen LogP contribution in [-0.2, 0) is 6.54 Å². The van der Waals surface area contributed by atoms with Gasteiger partial charge < -0.3 is 0 Å². The minimum Gasteiger partial charge on any atom is -0.291 e. The third-order valence-electron chi connectivity index (χ3n) is 3.26. The summed E-state index contributed by atoms with van der Waals surface area (Å²) in [7, 11) is 2.09. The van der Waals surface area contributed by atoms with Gasteiger partial charge in [-0.3, -0.25) is 4.90 Å². The first kappa shape index (κ1) is 16.2. The Hall–Kier alpha value is -2.22. The van der Waals surface area contributed by atoms with E-state index in [9.17, 15) is 0 Å². The molecule has 0 aromatic heterocycles. The summed E-state index contributed by atoms with van der Waals surface area (Å²) in [5.74, 6) is 12.1. The maximum atomic E-state index is 3.13. The highest BCUT2D eigenvalue weighted by atomic mass is 15.1. The Kier molecular flexibility index (Phi) is 5.26. The maximum Gasteiger partial charge on any atom is 0.0612 e. The quantitative estimate of drug-likeness (QED) is 0.760. The molecule has 1 nitrogen and oxygen atoms in total. The minimum absolute atomic E-state index is 0.0174. The molecule has 0 amide bonds. The zero-order chi connectivity index (χ0) is 16.0. The van der Waals surface area contributed by atoms with E-state index in [0.29, 0.717) is 0 Å². The molecule has 2 aromatic carbocycles. The Labute approximate surface area is 134 Å². The number of fused-ring (bicyclic) bond motifs is 1. The first-order valence-electron chi connectivity index (χ1n) is 7.61. The predicted molar refractivity (Wildman–Crippen MR) is 95.3 cm³/mol. The Bertz CT molecular complexity index is 752. The fraction of sp³-hybridized carbons (Fsp3) is 0.333. The molecule has 2 aromatic rings. The van der Waals surface area contributed by atoms with Crippen LogP contribution in [0.1, 0.15) is 26.3 Å². The summed E-state index contributed by atoms with van der Waals surface area (Å²) in [6, 6.07) is 15.0. The van der Waals surface area contributed by atoms with Crippen LogP contribution >= 0.6 is 0 Å². The van der Waals surface area contributed by atoms with Gasteiger partial charge in [0.2, 0.25) is 0 Å². The Morgan fingerprint density at radius 2 is 1.68 bits per heavy atom. The van der Waals surface area contributed by atoms with Crippen molar-refractivity contribution in [1.82, 2.24) is 4.90 Å². The molecule has 22 heavy (non-hydrogen) atoms. The molecule has 0 spiro atoms. The SMILES string of the molecule is CN(CC#CC#CC(C)(C)C)Cc1cccc2ccccc12. The first-order chi connectivity index (χ1) is 10.5. The molecule has 0 saturated heterocycles. The topological polar surface area (TPSA) is 3.24 Å². The van der Waals surface area contributed by atoms with Gasteiger partial charge in [-0.15, -0.1) is 0 Å². The third kappa shape index (κ3) is 4.96. The fourth-order valence-corrected chi connectivity index (χ4v) is 2.21. The van der Waals surface area contributed by atoms with Crippen molar-refractivity contribution in [2.45, 2.75) is 27.3 Å². The van der Waals surface area contributed by atoms with Crippen LogP contribution < -0.4 is 0 Å². The van der Waals surface area contributed by atoms with Crippen molar-refractivity contribution >= 4 is 10.8 Å². The van der Waals surface area contributed by atoms with Gasteiger partial charge in [-0.2, -0.15) is 0 Å². The highest BCUT2D eigenvalue weighted by Gasteiger charge is 2.03. The average molecular weight is 289 g/mol. The Morgan fingerprint density at radius 3 is 2.45 bits per heavy atom. The van der Waals surface area contributed by atoms with E-state index in [1.165, 1.54) is 16.3 Å². The van der Waals surface area contributed by atoms with Gasteiger partial charge in [0.25, 0.3) is 0 Å². The molecule has 0 fully saturated rings. The summed E-state index contributed by atoms with van der Waals surface area (Å²) < 4.78 is 0. The Balaban J connectivity index is 2.01. The molecule has 0 saturated carbocycles. The number of nitrogens with zero attached hydrogens (tertiary/aromatic N) is 1. The van der Waals surface area contributed by atoms with Crippen molar-refractivity contribution in [2.24, 2.45) is 5.41 Å². The van der Waals surface area contributed by atoms with E-state index in [0.717, 1.165) is 13.1 Å². The van der Waals surface area contributed by atoms with E-state index in [4.69, 9.17) is 0 Å². The highest BCUT2D eigenvalue weighted by molar-refractivity contribution is 5.85. The second-order valence-electron chi connectivity index (χ2n) is 6.61. The van der Waals surface area contributed by atoms with Crippen LogP contribution in [0, 0.1) is 29.1 Å². The lowest BCUT2D eigenvalue weighted by Gasteiger charge is -2.14. The molecule has 0 heterocycles. The molecule has 2 rings (SSSR count). The lowest BCUT2D eigenvalue weighted by Crippen LogP contribution is -2.18. The molecular formula is C21H23N. The molecule has 0 atom stereocenters. The second-order valence-corrected chi connectivity index (χ2v) is 6.61. The summed E-state index contributed by atoms with van der Waals surface area (Å²) in [6.07, 6.45) is 0. The number of hydrogen-bond donors (Lipinski definition) is 0. The van der Waals surface area contributed by atoms with Crippen molar-refractivity contribution in [3.63, 3.8) is 0 Å². The van der Waals surface area contributed by atoms with Crippen LogP contribution in [0.25, 0.3) is 10.8 Å². The van der Waals surface area contributed by atoms with Gasteiger partial charge in [0.05, 0.1) is 6.54 Å². The summed E-state index contributed by atoms with van der Waals surface area (Å²) in [6.45, 7) is 7.89. The number of rotatable bonds is 3. The zero-order valence-electron chi connectivity index (χ0n) is 13.9. The van der Waals surface area contributed by atoms with E-state index in [1.54, 1.807) is 0 Å². The maximum absolute atomic E-state index is 3.13. The molecule has 112 valence electrons. The highest BCUT2D eigenvalue weighted by Crippen LogP contribution is 2.19. The van der Waals surface area contributed by atoms with Crippen LogP contribution in [0.15, 0.2) is 42.5 Å². The molecule has 1 heteroatoms. The average Bonchev–Trinajstić information content (AvgIpc) is 2.46. The fourth-order valence-electron chi connectivity index (χ4n) is 2.21. The van der Waals surface area contributed by atoms with Gasteiger partial charge in [-0.05, 0) is 56.0 Å². The van der Waals surface area contributed by atoms with Crippen LogP contribution in [0.3, 0.4) is 0 Å². The van der Waals surface area contributed by atoms with Crippen LogP contribution in [0.5, 0.6) is 0 Å². The van der Waals surface area contributed by atoms with Crippen molar-refractivity contribution in [2.75, 3.05) is 13.6 Å². The van der Waals surface area contributed by atoms with Crippen molar-refractivity contribution in [1.29, 1.82) is 0 Å². The standard InChI is InChI=1S/C21H23N/c1-21(2,3)15-8-5-9-16-22(4)17-19-13-10-12-18-11-6-7-14-20(18)19/h6-7,10-14H,16-17H2,1-4H3. The Morgan fingerprint density at radius 1 is 0.955 bits per heavy atom. The molecule has 0 radical (unpaired) electrons. The second kappa shape index (κ2) is 7.17. The van der Waals surface area contributed by atoms with Gasteiger partial charge in [0.1, 0.15) is 0 Å². The van der Waals surface area contributed by atoms with Crippen molar-refractivity contribution in [3.8, 4) is 23.7 Å². The normalized spacial score (nSPS) is 10.8. The van der Waals surface area contributed by atoms with Crippen molar-refractivity contribution < 1.29 is 0 Å². The van der Waals surface area contributed by atoms with Crippen LogP contribution in [-0.4, -0.2) is 18.5 Å². The van der Waals surface area contributed by atoms with E-state index in [2.05, 4.69) is 98.9 Å². The van der Waals surface area contributed by atoms with Crippen molar-refractivity contribution in [3.05, 3.63) is 48.0 Å². The summed E-state index contributed by atoms with van der Waals surface area (Å²) >= 11 is 0. The van der Waals surface area contributed by atoms with E-state index < -0.39 is 0 Å². The number of benzene rings is 2. The molecule has 0 aliphatic carbocycles. The predicted octanol–water partition coefficient (Wildman–Crippen LogP) is 4.32. The number of hydrogen-bond acceptors (Lipinski definition) is 1. The van der Waals surface area contributed by atoms with E-state index >= 15 is 0 Å². The molecule has 0 bridgehead atoms. The summed E-state index contributed by atoms with van der Waals surface area (Å²) in [5.41, 5.74) is 1.35. The van der Waals surface area contributed by atoms with Gasteiger partial charge in [0.15, 0.2) is 0 Å². The molecule has 0 unspecified atom stereocenters. The molecular weight excluding hydrogens is 266 g/mol. The third-order valence-corrected chi connectivity index (χ3v) is 3.26. The van der Waals surface area contributed by atoms with Gasteiger partial charge in [-0.1, -0.05) is 54.3 Å². The smallest absolute Gasteiger partial charge is 0.0612 e. The van der Waals surface area contributed by atoms with Gasteiger partial charge in [-0.25, -0.2) is 0 Å². The minimum atomic E-state index is 0.0174. The van der Waals surface area contributed by atoms with E-state index in [1.807, 2.05) is 0 Å². The molecule has 0 aliphatic rings. The molecule has 0 N–H and O–H groups in total. The molecule has 0 aliphatic heterocycles. The van der Waals surface area contributed by atoms with Crippen LogP contribution in [0.4, 0.5) is 0 Å². The zero-order valence-corrected chi connectivity index (χ0v) is 13.9. The largest absolute Gasteiger partial charge is 0.291 e. The summed E-state index contributed by atoms with van der Waals surface area (Å²) in [5, 5.41) is 2.60. The monoisotopic (exact) mass is 289 g/mol. The summed E-state index contributed by atoms with van der Waals surface area (Å²) in [4.78, 5) is 2.22. The van der Waals surface area contributed by atoms with Crippen LogP contribution in [0.2, 0.25) is 0 Å². The lowest BCUT2D eigenvalue weighted by molar-refractivity contribution is 0.370. The lowest BCUT2D eigenvalue weighted by atomic mass is 9.98. The van der Waals surface area contributed by atoms with Gasteiger partial charge in [0, 0.05) is 12.0 Å². The first-order valence-corrected chi connectivity index (χ1v) is 7.61. The van der Waals surface area contributed by atoms with E-state index in [-0.39, 0.29) is 5.41 Å².